The van der Waals surface area contributed by atoms with Crippen molar-refractivity contribution in [2.45, 2.75) is 45.1 Å². The Hall–Kier alpha value is -0.960. The van der Waals surface area contributed by atoms with E-state index >= 15 is 0 Å². The smallest absolute Gasteiger partial charge is 0.260 e. The lowest BCUT2D eigenvalue weighted by molar-refractivity contribution is -0.0661. The molecule has 0 N–H and O–H groups in total. The van der Waals surface area contributed by atoms with Gasteiger partial charge in [-0.1, -0.05) is 38.1 Å². The Bertz CT molecular complexity index is 384. The molecule has 3 heteroatoms. The number of halogens is 2. The van der Waals surface area contributed by atoms with Crippen LogP contribution in [-0.2, 0) is 6.54 Å². The van der Waals surface area contributed by atoms with Gasteiger partial charge >= 0.3 is 0 Å². The molecule has 0 aromatic heterocycles. The van der Waals surface area contributed by atoms with Crippen LogP contribution in [-0.4, -0.2) is 23.9 Å². The van der Waals surface area contributed by atoms with Gasteiger partial charge in [-0.3, -0.25) is 4.90 Å². The standard InChI is InChI=1S/C15H21F2N/c1-12(2)14-6-4-13(5-7-14)10-18-9-3-8-15(16,17)11-18/h4-7,12H,3,8-11H2,1-2H3. The van der Waals surface area contributed by atoms with Gasteiger partial charge in [0.05, 0.1) is 6.54 Å². The van der Waals surface area contributed by atoms with Crippen LogP contribution in [0.4, 0.5) is 8.78 Å². The zero-order valence-corrected chi connectivity index (χ0v) is 11.1. The lowest BCUT2D eigenvalue weighted by Crippen LogP contribution is -2.41. The fourth-order valence-corrected chi connectivity index (χ4v) is 2.45. The third kappa shape index (κ3) is 3.52. The van der Waals surface area contributed by atoms with Crippen molar-refractivity contribution in [2.75, 3.05) is 13.1 Å². The van der Waals surface area contributed by atoms with Crippen molar-refractivity contribution in [1.82, 2.24) is 4.90 Å². The van der Waals surface area contributed by atoms with Gasteiger partial charge in [-0.05, 0) is 30.0 Å². The Balaban J connectivity index is 1.97. The fraction of sp³-hybridized carbons (Fsp3) is 0.600. The monoisotopic (exact) mass is 253 g/mol. The highest BCUT2D eigenvalue weighted by atomic mass is 19.3. The molecule has 0 amide bonds. The quantitative estimate of drug-likeness (QED) is 0.785. The number of alkyl halides is 2. The van der Waals surface area contributed by atoms with E-state index in [0.717, 1.165) is 12.1 Å². The first kappa shape index (κ1) is 13.5. The summed E-state index contributed by atoms with van der Waals surface area (Å²) in [6.45, 7) is 5.62. The van der Waals surface area contributed by atoms with Gasteiger partial charge in [0.1, 0.15) is 0 Å². The summed E-state index contributed by atoms with van der Waals surface area (Å²) in [4.78, 5) is 1.86. The van der Waals surface area contributed by atoms with Gasteiger partial charge in [-0.25, -0.2) is 8.78 Å². The molecule has 0 unspecified atom stereocenters. The maximum absolute atomic E-state index is 13.3. The third-order valence-corrected chi connectivity index (χ3v) is 3.52. The molecule has 1 aliphatic rings. The predicted octanol–water partition coefficient (Wildman–Crippen LogP) is 4.04. The zero-order valence-electron chi connectivity index (χ0n) is 11.1. The normalized spacial score (nSPS) is 20.3. The van der Waals surface area contributed by atoms with Gasteiger partial charge in [0.25, 0.3) is 5.92 Å². The van der Waals surface area contributed by atoms with Crippen LogP contribution in [0.15, 0.2) is 24.3 Å². The summed E-state index contributed by atoms with van der Waals surface area (Å²) >= 11 is 0. The highest BCUT2D eigenvalue weighted by Gasteiger charge is 2.34. The number of rotatable bonds is 3. The van der Waals surface area contributed by atoms with Crippen LogP contribution in [0, 0.1) is 0 Å². The first-order valence-corrected chi connectivity index (χ1v) is 6.65. The second-order valence-corrected chi connectivity index (χ2v) is 5.57. The lowest BCUT2D eigenvalue weighted by atomic mass is 10.0. The topological polar surface area (TPSA) is 3.24 Å². The summed E-state index contributed by atoms with van der Waals surface area (Å²) in [5, 5.41) is 0. The molecule has 1 aromatic carbocycles. The molecule has 0 atom stereocenters. The van der Waals surface area contributed by atoms with E-state index in [-0.39, 0.29) is 13.0 Å². The summed E-state index contributed by atoms with van der Waals surface area (Å²) in [6, 6.07) is 8.31. The van der Waals surface area contributed by atoms with Gasteiger partial charge in [0, 0.05) is 13.0 Å². The second-order valence-electron chi connectivity index (χ2n) is 5.57. The van der Waals surface area contributed by atoms with Crippen LogP contribution in [0.1, 0.15) is 43.7 Å². The average Bonchev–Trinajstić information content (AvgIpc) is 2.28. The summed E-state index contributed by atoms with van der Waals surface area (Å²) in [5.74, 6) is -1.99. The van der Waals surface area contributed by atoms with Crippen molar-refractivity contribution in [2.24, 2.45) is 0 Å². The molecule has 1 fully saturated rings. The van der Waals surface area contributed by atoms with E-state index in [4.69, 9.17) is 0 Å². The van der Waals surface area contributed by atoms with Gasteiger partial charge < -0.3 is 0 Å². The summed E-state index contributed by atoms with van der Waals surface area (Å²) in [5.41, 5.74) is 2.42. The first-order valence-electron chi connectivity index (χ1n) is 6.65. The van der Waals surface area contributed by atoms with Crippen molar-refractivity contribution in [1.29, 1.82) is 0 Å². The molecule has 100 valence electrons. The van der Waals surface area contributed by atoms with Crippen LogP contribution in [0.3, 0.4) is 0 Å². The van der Waals surface area contributed by atoms with E-state index in [2.05, 4.69) is 38.1 Å². The Labute approximate surface area is 108 Å². The SMILES string of the molecule is CC(C)c1ccc(CN2CCCC(F)(F)C2)cc1. The number of nitrogens with zero attached hydrogens (tertiary/aromatic N) is 1. The molecule has 1 aliphatic heterocycles. The van der Waals surface area contributed by atoms with Crippen molar-refractivity contribution >= 4 is 0 Å². The van der Waals surface area contributed by atoms with Gasteiger partial charge in [-0.2, -0.15) is 0 Å². The van der Waals surface area contributed by atoms with Gasteiger partial charge in [-0.15, -0.1) is 0 Å². The van der Waals surface area contributed by atoms with Crippen molar-refractivity contribution in [3.05, 3.63) is 35.4 Å². The minimum Gasteiger partial charge on any atom is -0.293 e. The molecule has 1 aromatic rings. The molecule has 1 heterocycles. The minimum atomic E-state index is -2.50. The van der Waals surface area contributed by atoms with Crippen molar-refractivity contribution < 1.29 is 8.78 Å². The summed E-state index contributed by atoms with van der Waals surface area (Å²) < 4.78 is 26.6. The first-order chi connectivity index (χ1) is 8.46. The molecular formula is C15H21F2N. The molecule has 1 nitrogen and oxygen atoms in total. The molecule has 0 saturated carbocycles. The molecular weight excluding hydrogens is 232 g/mol. The summed E-state index contributed by atoms with van der Waals surface area (Å²) in [7, 11) is 0. The Morgan fingerprint density at radius 3 is 2.44 bits per heavy atom. The van der Waals surface area contributed by atoms with Crippen LogP contribution < -0.4 is 0 Å². The number of hydrogen-bond acceptors (Lipinski definition) is 1. The highest BCUT2D eigenvalue weighted by molar-refractivity contribution is 5.24. The largest absolute Gasteiger partial charge is 0.293 e. The zero-order chi connectivity index (χ0) is 13.2. The Kier molecular flexibility index (Phi) is 4.00. The molecule has 0 aliphatic carbocycles. The average molecular weight is 253 g/mol. The van der Waals surface area contributed by atoms with E-state index in [1.807, 2.05) is 4.90 Å². The van der Waals surface area contributed by atoms with E-state index in [0.29, 0.717) is 18.9 Å². The van der Waals surface area contributed by atoms with Crippen LogP contribution in [0.2, 0.25) is 0 Å². The maximum Gasteiger partial charge on any atom is 0.260 e. The Morgan fingerprint density at radius 1 is 1.22 bits per heavy atom. The van der Waals surface area contributed by atoms with Crippen molar-refractivity contribution in [3.8, 4) is 0 Å². The van der Waals surface area contributed by atoms with Crippen LogP contribution >= 0.6 is 0 Å². The number of benzene rings is 1. The summed E-state index contributed by atoms with van der Waals surface area (Å²) in [6.07, 6.45) is 0.632. The fourth-order valence-electron chi connectivity index (χ4n) is 2.45. The molecule has 18 heavy (non-hydrogen) atoms. The lowest BCUT2D eigenvalue weighted by Gasteiger charge is -2.32. The molecule has 0 radical (unpaired) electrons. The van der Waals surface area contributed by atoms with Crippen molar-refractivity contribution in [3.63, 3.8) is 0 Å². The number of likely N-dealkylation sites (tertiary alicyclic amines) is 1. The van der Waals surface area contributed by atoms with E-state index < -0.39 is 5.92 Å². The van der Waals surface area contributed by atoms with Crippen LogP contribution in [0.25, 0.3) is 0 Å². The van der Waals surface area contributed by atoms with Gasteiger partial charge in [0.2, 0.25) is 0 Å². The molecule has 0 bridgehead atoms. The molecule has 2 rings (SSSR count). The number of hydrogen-bond donors (Lipinski definition) is 0. The predicted molar refractivity (Wildman–Crippen MR) is 70.0 cm³/mol. The van der Waals surface area contributed by atoms with E-state index in [1.165, 1.54) is 5.56 Å². The maximum atomic E-state index is 13.3. The third-order valence-electron chi connectivity index (χ3n) is 3.52. The van der Waals surface area contributed by atoms with Crippen LogP contribution in [0.5, 0.6) is 0 Å². The number of piperidine rings is 1. The highest BCUT2D eigenvalue weighted by Crippen LogP contribution is 2.27. The second kappa shape index (κ2) is 5.35. The Morgan fingerprint density at radius 2 is 1.89 bits per heavy atom. The minimum absolute atomic E-state index is 0.0375. The van der Waals surface area contributed by atoms with E-state index in [9.17, 15) is 8.78 Å². The molecule has 1 saturated heterocycles. The molecule has 0 spiro atoms. The van der Waals surface area contributed by atoms with Gasteiger partial charge in [0.15, 0.2) is 0 Å². The van der Waals surface area contributed by atoms with E-state index in [1.54, 1.807) is 0 Å².